The van der Waals surface area contributed by atoms with Crippen molar-refractivity contribution in [2.75, 3.05) is 13.2 Å². The number of hydrogen-bond acceptors (Lipinski definition) is 13. The molecule has 7 N–H and O–H groups in total. The summed E-state index contributed by atoms with van der Waals surface area (Å²) >= 11 is 0. The Hall–Kier alpha value is -1.26. The van der Waals surface area contributed by atoms with Crippen LogP contribution in [0.15, 0.2) is 12.2 Å². The molecule has 0 aromatic heterocycles. The summed E-state index contributed by atoms with van der Waals surface area (Å²) in [7, 11) is -10.7. The minimum absolute atomic E-state index is 0.0486. The summed E-state index contributed by atoms with van der Waals surface area (Å²) in [5, 5.41) is 41.2. The van der Waals surface area contributed by atoms with Crippen molar-refractivity contribution >= 4 is 27.6 Å². The Morgan fingerprint density at radius 3 is 1.36 bits per heavy atom. The molecule has 8 atom stereocenters. The topological polar surface area (TPSA) is 256 Å². The van der Waals surface area contributed by atoms with Crippen LogP contribution in [0.25, 0.3) is 0 Å². The Morgan fingerprint density at radius 1 is 0.508 bits per heavy atom. The van der Waals surface area contributed by atoms with Gasteiger partial charge >= 0.3 is 27.6 Å². The van der Waals surface area contributed by atoms with Gasteiger partial charge in [-0.15, -0.1) is 0 Å². The number of unbranched alkanes of at least 4 members (excludes halogenated alkanes) is 23. The van der Waals surface area contributed by atoms with Gasteiger partial charge in [0.1, 0.15) is 43.2 Å². The summed E-state index contributed by atoms with van der Waals surface area (Å²) in [4.78, 5) is 54.2. The standard InChI is InChI=1S/C43H82O16P2/c1-3-5-7-9-11-13-15-17-18-20-21-23-25-27-29-31-36(44)55-33-35(57-37(45)32-30-28-26-24-22-19-16-14-12-10-8-6-4-2)34-56-61(53,54)59-43-40(48)38(46)39(47)42(41(43)49)58-60(50,51)52/h13,15,35,38-43,46-49H,3-12,14,16-34H2,1-2H3,(H,53,54)(H2,50,51,52)/b15-13-/t35-,38?,39?,40?,41?,42-,43+/m1/s1. The van der Waals surface area contributed by atoms with E-state index in [2.05, 4.69) is 30.5 Å². The molecular weight excluding hydrogens is 834 g/mol. The molecule has 0 bridgehead atoms. The van der Waals surface area contributed by atoms with Gasteiger partial charge in [0.15, 0.2) is 6.10 Å². The quantitative estimate of drug-likeness (QED) is 0.0132. The molecule has 0 radical (unpaired) electrons. The van der Waals surface area contributed by atoms with Crippen LogP contribution in [0.5, 0.6) is 0 Å². The maximum Gasteiger partial charge on any atom is 0.472 e. The maximum absolute atomic E-state index is 13.0. The summed E-state index contributed by atoms with van der Waals surface area (Å²) in [5.74, 6) is -1.20. The van der Waals surface area contributed by atoms with Gasteiger partial charge < -0.3 is 44.6 Å². The highest BCUT2D eigenvalue weighted by Gasteiger charge is 2.54. The zero-order chi connectivity index (χ0) is 45.4. The van der Waals surface area contributed by atoms with Crippen molar-refractivity contribution in [3.8, 4) is 0 Å². The Morgan fingerprint density at radius 2 is 0.902 bits per heavy atom. The molecule has 1 aliphatic rings. The summed E-state index contributed by atoms with van der Waals surface area (Å²) in [6, 6.07) is 0. The van der Waals surface area contributed by atoms with Crippen LogP contribution in [0.1, 0.15) is 194 Å². The lowest BCUT2D eigenvalue weighted by Crippen LogP contribution is -2.64. The molecule has 18 heteroatoms. The summed E-state index contributed by atoms with van der Waals surface area (Å²) in [6.07, 6.45) is 18.9. The largest absolute Gasteiger partial charge is 0.472 e. The van der Waals surface area contributed by atoms with Gasteiger partial charge in [-0.25, -0.2) is 9.13 Å². The van der Waals surface area contributed by atoms with Crippen LogP contribution in [0.4, 0.5) is 0 Å². The molecule has 0 aliphatic heterocycles. The van der Waals surface area contributed by atoms with Crippen LogP contribution in [-0.4, -0.2) is 103 Å². The number of hydrogen-bond donors (Lipinski definition) is 7. The van der Waals surface area contributed by atoms with Gasteiger partial charge in [-0.05, 0) is 38.5 Å². The van der Waals surface area contributed by atoms with Crippen LogP contribution in [-0.2, 0) is 41.8 Å². The molecule has 1 saturated carbocycles. The second-order valence-corrected chi connectivity index (χ2v) is 19.1. The molecule has 5 unspecified atom stereocenters. The fourth-order valence-electron chi connectivity index (χ4n) is 7.20. The third-order valence-electron chi connectivity index (χ3n) is 10.8. The Balaban J connectivity index is 2.60. The first kappa shape index (κ1) is 57.8. The van der Waals surface area contributed by atoms with Crippen molar-refractivity contribution in [1.29, 1.82) is 0 Å². The normalized spacial score (nSPS) is 22.3. The van der Waals surface area contributed by atoms with E-state index in [0.29, 0.717) is 12.8 Å². The number of carbonyl (C=O) groups excluding carboxylic acids is 2. The summed E-state index contributed by atoms with van der Waals surface area (Å²) in [5.41, 5.74) is 0. The highest BCUT2D eigenvalue weighted by Crippen LogP contribution is 2.49. The summed E-state index contributed by atoms with van der Waals surface area (Å²) in [6.45, 7) is 3.09. The zero-order valence-electron chi connectivity index (χ0n) is 37.1. The van der Waals surface area contributed by atoms with Crippen LogP contribution < -0.4 is 0 Å². The molecule has 61 heavy (non-hydrogen) atoms. The van der Waals surface area contributed by atoms with Gasteiger partial charge in [0.2, 0.25) is 0 Å². The van der Waals surface area contributed by atoms with E-state index in [1.54, 1.807) is 0 Å². The minimum atomic E-state index is -5.36. The van der Waals surface area contributed by atoms with Gasteiger partial charge in [0.25, 0.3) is 0 Å². The third-order valence-corrected chi connectivity index (χ3v) is 12.3. The number of aliphatic hydroxyl groups is 4. The van der Waals surface area contributed by atoms with Gasteiger partial charge in [-0.1, -0.05) is 154 Å². The predicted octanol–water partition coefficient (Wildman–Crippen LogP) is 8.40. The Bertz CT molecular complexity index is 1250. The summed E-state index contributed by atoms with van der Waals surface area (Å²) < 4.78 is 49.3. The average molecular weight is 917 g/mol. The SMILES string of the molecule is CCCCCC/C=C\CCCCCCCCCC(=O)OC[C@H](COP(=O)(O)O[C@H]1C(O)C(O)C(O)[C@@H](OP(=O)(O)O)C1O)OC(=O)CCCCCCCCCCCCCCC. The number of phosphoric acid groups is 2. The molecule has 16 nitrogen and oxygen atoms in total. The minimum Gasteiger partial charge on any atom is -0.462 e. The zero-order valence-corrected chi connectivity index (χ0v) is 38.9. The van der Waals surface area contributed by atoms with Crippen molar-refractivity contribution in [3.05, 3.63) is 12.2 Å². The van der Waals surface area contributed by atoms with E-state index < -0.39 is 83.5 Å². The second-order valence-electron chi connectivity index (χ2n) is 16.5. The molecule has 1 aliphatic carbocycles. The van der Waals surface area contributed by atoms with E-state index in [1.165, 1.54) is 77.0 Å². The average Bonchev–Trinajstić information content (AvgIpc) is 3.21. The van der Waals surface area contributed by atoms with Crippen molar-refractivity contribution in [1.82, 2.24) is 0 Å². The fourth-order valence-corrected chi connectivity index (χ4v) is 8.74. The van der Waals surface area contributed by atoms with Gasteiger partial charge in [0.05, 0.1) is 6.61 Å². The van der Waals surface area contributed by atoms with Crippen LogP contribution in [0.2, 0.25) is 0 Å². The van der Waals surface area contributed by atoms with E-state index in [-0.39, 0.29) is 12.8 Å². The third kappa shape index (κ3) is 29.7. The second kappa shape index (κ2) is 35.1. The highest BCUT2D eigenvalue weighted by molar-refractivity contribution is 7.47. The molecule has 0 spiro atoms. The van der Waals surface area contributed by atoms with Gasteiger partial charge in [-0.2, -0.15) is 0 Å². The van der Waals surface area contributed by atoms with E-state index in [1.807, 2.05) is 0 Å². The first-order valence-corrected chi connectivity index (χ1v) is 26.3. The van der Waals surface area contributed by atoms with Crippen LogP contribution in [0, 0.1) is 0 Å². The van der Waals surface area contributed by atoms with Crippen molar-refractivity contribution in [2.24, 2.45) is 0 Å². The van der Waals surface area contributed by atoms with E-state index in [0.717, 1.165) is 77.0 Å². The van der Waals surface area contributed by atoms with E-state index in [9.17, 15) is 44.0 Å². The Kier molecular flexibility index (Phi) is 33.2. The fraction of sp³-hybridized carbons (Fsp3) is 0.907. The maximum atomic E-state index is 13.0. The molecule has 0 saturated heterocycles. The van der Waals surface area contributed by atoms with Crippen molar-refractivity contribution in [2.45, 2.75) is 236 Å². The van der Waals surface area contributed by atoms with Crippen molar-refractivity contribution < 1.29 is 76.9 Å². The van der Waals surface area contributed by atoms with Gasteiger partial charge in [-0.3, -0.25) is 23.2 Å². The van der Waals surface area contributed by atoms with Crippen LogP contribution in [0.3, 0.4) is 0 Å². The lowest BCUT2D eigenvalue weighted by Gasteiger charge is -2.43. The molecule has 0 aromatic rings. The highest BCUT2D eigenvalue weighted by atomic mass is 31.2. The number of allylic oxidation sites excluding steroid dienone is 2. The lowest BCUT2D eigenvalue weighted by molar-refractivity contribution is -0.216. The molecule has 360 valence electrons. The van der Waals surface area contributed by atoms with Crippen molar-refractivity contribution in [3.63, 3.8) is 0 Å². The van der Waals surface area contributed by atoms with E-state index >= 15 is 0 Å². The molecule has 0 amide bonds. The molecule has 0 heterocycles. The first-order chi connectivity index (χ1) is 29.1. The van der Waals surface area contributed by atoms with E-state index in [4.69, 9.17) is 28.3 Å². The lowest BCUT2D eigenvalue weighted by atomic mass is 9.85. The molecule has 1 fully saturated rings. The number of carbonyl (C=O) groups is 2. The predicted molar refractivity (Wildman–Crippen MR) is 232 cm³/mol. The number of esters is 2. The molecule has 0 aromatic carbocycles. The van der Waals surface area contributed by atoms with Crippen LogP contribution >= 0.6 is 15.6 Å². The first-order valence-electron chi connectivity index (χ1n) is 23.2. The Labute approximate surface area is 365 Å². The number of rotatable bonds is 39. The monoisotopic (exact) mass is 917 g/mol. The molecular formula is C43H82O16P2. The smallest absolute Gasteiger partial charge is 0.462 e. The number of ether oxygens (including phenoxy) is 2. The number of phosphoric ester groups is 2. The molecule has 1 rings (SSSR count). The number of aliphatic hydroxyl groups excluding tert-OH is 4. The van der Waals surface area contributed by atoms with Gasteiger partial charge in [0, 0.05) is 12.8 Å².